The first-order chi connectivity index (χ1) is 16.5. The molecule has 5 rings (SSSR count). The van der Waals surface area contributed by atoms with Gasteiger partial charge >= 0.3 is 0 Å². The van der Waals surface area contributed by atoms with Crippen molar-refractivity contribution in [3.63, 3.8) is 0 Å². The number of aromatic nitrogens is 3. The second kappa shape index (κ2) is 9.54. The van der Waals surface area contributed by atoms with E-state index < -0.39 is 0 Å². The van der Waals surface area contributed by atoms with Gasteiger partial charge in [0.1, 0.15) is 11.9 Å². The van der Waals surface area contributed by atoms with Crippen molar-refractivity contribution in [1.82, 2.24) is 24.9 Å². The normalized spacial score (nSPS) is 16.8. The van der Waals surface area contributed by atoms with E-state index in [4.69, 9.17) is 9.26 Å². The summed E-state index contributed by atoms with van der Waals surface area (Å²) in [5, 5.41) is 4.01. The Morgan fingerprint density at radius 3 is 2.62 bits per heavy atom. The largest absolute Gasteiger partial charge is 0.486 e. The topological polar surface area (TPSA) is 84.6 Å². The number of aryl methyl sites for hydroxylation is 1. The first kappa shape index (κ1) is 22.5. The Morgan fingerprint density at radius 1 is 1.18 bits per heavy atom. The third-order valence-corrected chi connectivity index (χ3v) is 6.47. The Bertz CT molecular complexity index is 1150. The van der Waals surface area contributed by atoms with Crippen LogP contribution in [-0.4, -0.2) is 63.1 Å². The van der Waals surface area contributed by atoms with Gasteiger partial charge in [-0.25, -0.2) is 0 Å². The average molecular weight is 462 g/mol. The van der Waals surface area contributed by atoms with Gasteiger partial charge in [-0.3, -0.25) is 14.7 Å². The van der Waals surface area contributed by atoms with E-state index in [0.29, 0.717) is 12.4 Å². The summed E-state index contributed by atoms with van der Waals surface area (Å²) in [6.45, 7) is 10.1. The van der Waals surface area contributed by atoms with Gasteiger partial charge in [-0.1, -0.05) is 25.1 Å². The summed E-state index contributed by atoms with van der Waals surface area (Å²) in [5.41, 5.74) is 3.62. The standard InChI is InChI=1S/C26H31N5O3/c1-17(2)25-28-24(34-29-25)16-30-14-21(15-30)33-20-7-9-23(27-13-20)19-6-8-22(18(3)12-19)26(32)31-10-4-5-11-31/h6-9,12-13,17,21H,4-5,10-11,14-16H2,1-3H3. The number of hydrogen-bond acceptors (Lipinski definition) is 7. The molecule has 3 aromatic rings. The Balaban J connectivity index is 1.14. The van der Waals surface area contributed by atoms with Crippen LogP contribution in [0.3, 0.4) is 0 Å². The number of nitrogens with zero attached hydrogens (tertiary/aromatic N) is 5. The first-order valence-corrected chi connectivity index (χ1v) is 12.0. The van der Waals surface area contributed by atoms with Gasteiger partial charge in [0.05, 0.1) is 18.4 Å². The quantitative estimate of drug-likeness (QED) is 0.524. The van der Waals surface area contributed by atoms with Crippen molar-refractivity contribution < 1.29 is 14.1 Å². The third kappa shape index (κ3) is 4.82. The summed E-state index contributed by atoms with van der Waals surface area (Å²) in [4.78, 5) is 25.9. The summed E-state index contributed by atoms with van der Waals surface area (Å²) in [6, 6.07) is 9.86. The Kier molecular flexibility index (Phi) is 6.32. The molecule has 0 radical (unpaired) electrons. The van der Waals surface area contributed by atoms with E-state index in [1.165, 1.54) is 0 Å². The molecule has 4 heterocycles. The summed E-state index contributed by atoms with van der Waals surface area (Å²) in [6.07, 6.45) is 4.08. The fourth-order valence-electron chi connectivity index (χ4n) is 4.45. The molecular formula is C26H31N5O3. The fraction of sp³-hybridized carbons (Fsp3) is 0.462. The molecule has 2 fully saturated rings. The van der Waals surface area contributed by atoms with Gasteiger partial charge in [0.2, 0.25) is 5.89 Å². The van der Waals surface area contributed by atoms with E-state index >= 15 is 0 Å². The highest BCUT2D eigenvalue weighted by atomic mass is 16.5. The number of carbonyl (C=O) groups excluding carboxylic acids is 1. The molecule has 0 N–H and O–H groups in total. The molecule has 178 valence electrons. The minimum atomic E-state index is 0.123. The fourth-order valence-corrected chi connectivity index (χ4v) is 4.45. The maximum absolute atomic E-state index is 12.7. The number of benzene rings is 1. The highest BCUT2D eigenvalue weighted by molar-refractivity contribution is 5.96. The molecule has 2 aromatic heterocycles. The van der Waals surface area contributed by atoms with E-state index in [1.807, 2.05) is 56.0 Å². The summed E-state index contributed by atoms with van der Waals surface area (Å²) in [7, 11) is 0. The molecule has 34 heavy (non-hydrogen) atoms. The average Bonchev–Trinajstić information content (AvgIpc) is 3.50. The summed E-state index contributed by atoms with van der Waals surface area (Å²) < 4.78 is 11.4. The molecule has 0 saturated carbocycles. The molecular weight excluding hydrogens is 430 g/mol. The molecule has 2 saturated heterocycles. The number of likely N-dealkylation sites (tertiary alicyclic amines) is 2. The van der Waals surface area contributed by atoms with Crippen molar-refractivity contribution in [2.24, 2.45) is 0 Å². The zero-order valence-corrected chi connectivity index (χ0v) is 20.0. The van der Waals surface area contributed by atoms with Crippen LogP contribution in [0.1, 0.15) is 60.2 Å². The molecule has 2 aliphatic heterocycles. The first-order valence-electron chi connectivity index (χ1n) is 12.0. The van der Waals surface area contributed by atoms with Crippen LogP contribution in [-0.2, 0) is 6.54 Å². The maximum atomic E-state index is 12.7. The van der Waals surface area contributed by atoms with E-state index in [1.54, 1.807) is 6.20 Å². The highest BCUT2D eigenvalue weighted by Crippen LogP contribution is 2.25. The zero-order valence-electron chi connectivity index (χ0n) is 20.0. The molecule has 0 aliphatic carbocycles. The smallest absolute Gasteiger partial charge is 0.254 e. The molecule has 0 bridgehead atoms. The van der Waals surface area contributed by atoms with Crippen molar-refractivity contribution in [3.8, 4) is 17.0 Å². The number of amides is 1. The monoisotopic (exact) mass is 461 g/mol. The summed E-state index contributed by atoms with van der Waals surface area (Å²) >= 11 is 0. The molecule has 1 aromatic carbocycles. The summed E-state index contributed by atoms with van der Waals surface area (Å²) in [5.74, 6) is 2.55. The number of hydrogen-bond donors (Lipinski definition) is 0. The van der Waals surface area contributed by atoms with Gasteiger partial charge in [0.25, 0.3) is 5.91 Å². The van der Waals surface area contributed by atoms with Crippen LogP contribution >= 0.6 is 0 Å². The molecule has 0 atom stereocenters. The Labute approximate surface area is 199 Å². The minimum Gasteiger partial charge on any atom is -0.486 e. The van der Waals surface area contributed by atoms with Crippen LogP contribution in [0.15, 0.2) is 41.1 Å². The molecule has 0 spiro atoms. The second-order valence-corrected chi connectivity index (χ2v) is 9.54. The van der Waals surface area contributed by atoms with E-state index in [9.17, 15) is 4.79 Å². The van der Waals surface area contributed by atoms with Crippen molar-refractivity contribution in [2.75, 3.05) is 26.2 Å². The Morgan fingerprint density at radius 2 is 1.97 bits per heavy atom. The molecule has 8 heteroatoms. The van der Waals surface area contributed by atoms with E-state index in [2.05, 4.69) is 20.0 Å². The van der Waals surface area contributed by atoms with Crippen molar-refractivity contribution in [3.05, 3.63) is 59.4 Å². The lowest BCUT2D eigenvalue weighted by Gasteiger charge is -2.37. The number of carbonyl (C=O) groups is 1. The van der Waals surface area contributed by atoms with Crippen molar-refractivity contribution in [2.45, 2.75) is 52.2 Å². The van der Waals surface area contributed by atoms with Crippen LogP contribution in [0.4, 0.5) is 0 Å². The second-order valence-electron chi connectivity index (χ2n) is 9.54. The zero-order chi connectivity index (χ0) is 23.7. The predicted octanol–water partition coefficient (Wildman–Crippen LogP) is 4.06. The number of pyridine rings is 1. The maximum Gasteiger partial charge on any atom is 0.254 e. The lowest BCUT2D eigenvalue weighted by molar-refractivity contribution is 0.00844. The van der Waals surface area contributed by atoms with Crippen LogP contribution in [0, 0.1) is 6.92 Å². The Hall–Kier alpha value is -3.26. The van der Waals surface area contributed by atoms with Crippen molar-refractivity contribution in [1.29, 1.82) is 0 Å². The molecule has 2 aliphatic rings. The van der Waals surface area contributed by atoms with Crippen LogP contribution in [0.2, 0.25) is 0 Å². The van der Waals surface area contributed by atoms with Crippen LogP contribution < -0.4 is 4.74 Å². The van der Waals surface area contributed by atoms with Gasteiger partial charge in [-0.05, 0) is 49.6 Å². The van der Waals surface area contributed by atoms with Gasteiger partial charge in [-0.15, -0.1) is 0 Å². The van der Waals surface area contributed by atoms with Gasteiger partial charge in [0, 0.05) is 43.2 Å². The van der Waals surface area contributed by atoms with Gasteiger partial charge < -0.3 is 14.2 Å². The lowest BCUT2D eigenvalue weighted by Crippen LogP contribution is -2.53. The van der Waals surface area contributed by atoms with E-state index in [-0.39, 0.29) is 17.9 Å². The number of ether oxygens (including phenoxy) is 1. The van der Waals surface area contributed by atoms with E-state index in [0.717, 1.165) is 73.0 Å². The minimum absolute atomic E-state index is 0.123. The predicted molar refractivity (Wildman–Crippen MR) is 128 cm³/mol. The van der Waals surface area contributed by atoms with Gasteiger partial charge in [0.15, 0.2) is 5.82 Å². The van der Waals surface area contributed by atoms with Crippen molar-refractivity contribution >= 4 is 5.91 Å². The highest BCUT2D eigenvalue weighted by Gasteiger charge is 2.30. The van der Waals surface area contributed by atoms with Gasteiger partial charge in [-0.2, -0.15) is 4.98 Å². The third-order valence-electron chi connectivity index (χ3n) is 6.47. The van der Waals surface area contributed by atoms with Crippen LogP contribution in [0.25, 0.3) is 11.3 Å². The van der Waals surface area contributed by atoms with Crippen LogP contribution in [0.5, 0.6) is 5.75 Å². The SMILES string of the molecule is Cc1cc(-c2ccc(OC3CN(Cc4nc(C(C)C)no4)C3)cn2)ccc1C(=O)N1CCCC1. The molecule has 1 amide bonds. The molecule has 0 unspecified atom stereocenters. The lowest BCUT2D eigenvalue weighted by atomic mass is 10.0. The molecule has 8 nitrogen and oxygen atoms in total. The number of rotatable bonds is 7.